The Morgan fingerprint density at radius 1 is 1.38 bits per heavy atom. The number of hydrogen-bond donors (Lipinski definition) is 1. The maximum absolute atomic E-state index is 12.2. The summed E-state index contributed by atoms with van der Waals surface area (Å²) in [5, 5.41) is 0. The summed E-state index contributed by atoms with van der Waals surface area (Å²) in [5.74, 6) is 1.08. The molecule has 1 fully saturated rings. The van der Waals surface area contributed by atoms with Crippen molar-refractivity contribution in [3.63, 3.8) is 0 Å². The van der Waals surface area contributed by atoms with Crippen LogP contribution in [0.2, 0.25) is 0 Å². The lowest BCUT2D eigenvalue weighted by Crippen LogP contribution is -2.43. The average molecular weight is 226 g/mol. The Hall–Kier alpha value is -0.570. The lowest BCUT2D eigenvalue weighted by molar-refractivity contribution is -0.136. The fraction of sp³-hybridized carbons (Fsp3) is 0.923. The van der Waals surface area contributed by atoms with Gasteiger partial charge in [0.1, 0.15) is 0 Å². The second kappa shape index (κ2) is 6.24. The lowest BCUT2D eigenvalue weighted by Gasteiger charge is -2.34. The summed E-state index contributed by atoms with van der Waals surface area (Å²) >= 11 is 0. The molecule has 16 heavy (non-hydrogen) atoms. The summed E-state index contributed by atoms with van der Waals surface area (Å²) in [4.78, 5) is 14.2. The number of carbonyl (C=O) groups is 1. The van der Waals surface area contributed by atoms with Crippen molar-refractivity contribution in [2.24, 2.45) is 17.6 Å². The fourth-order valence-corrected chi connectivity index (χ4v) is 2.53. The van der Waals surface area contributed by atoms with E-state index in [0.717, 1.165) is 38.8 Å². The van der Waals surface area contributed by atoms with E-state index in [1.807, 2.05) is 4.90 Å². The zero-order chi connectivity index (χ0) is 12.1. The molecule has 1 rings (SSSR count). The Morgan fingerprint density at radius 3 is 2.56 bits per heavy atom. The van der Waals surface area contributed by atoms with Gasteiger partial charge in [0.25, 0.3) is 0 Å². The molecule has 94 valence electrons. The lowest BCUT2D eigenvalue weighted by atomic mass is 9.79. The molecule has 1 amide bonds. The maximum atomic E-state index is 12.2. The SMILES string of the molecule is CCCN(CC)C(=O)C1CCC(C)C(N)C1. The molecule has 0 heterocycles. The number of amides is 1. The van der Waals surface area contributed by atoms with E-state index < -0.39 is 0 Å². The van der Waals surface area contributed by atoms with Gasteiger partial charge in [0, 0.05) is 25.0 Å². The monoisotopic (exact) mass is 226 g/mol. The smallest absolute Gasteiger partial charge is 0.225 e. The summed E-state index contributed by atoms with van der Waals surface area (Å²) in [6.07, 6.45) is 4.03. The Balaban J connectivity index is 2.53. The van der Waals surface area contributed by atoms with Crippen LogP contribution < -0.4 is 5.73 Å². The molecule has 1 aliphatic carbocycles. The third-order valence-electron chi connectivity index (χ3n) is 3.79. The summed E-state index contributed by atoms with van der Waals surface area (Å²) in [5.41, 5.74) is 6.05. The van der Waals surface area contributed by atoms with Gasteiger partial charge in [-0.2, -0.15) is 0 Å². The van der Waals surface area contributed by atoms with E-state index in [-0.39, 0.29) is 12.0 Å². The zero-order valence-corrected chi connectivity index (χ0v) is 10.9. The molecular formula is C13H26N2O. The van der Waals surface area contributed by atoms with Gasteiger partial charge < -0.3 is 10.6 Å². The first-order valence-electron chi connectivity index (χ1n) is 6.64. The number of rotatable bonds is 4. The average Bonchev–Trinajstić information content (AvgIpc) is 2.28. The molecule has 0 aromatic carbocycles. The van der Waals surface area contributed by atoms with Gasteiger partial charge in [-0.1, -0.05) is 13.8 Å². The van der Waals surface area contributed by atoms with Crippen LogP contribution in [0.15, 0.2) is 0 Å². The van der Waals surface area contributed by atoms with Crippen LogP contribution in [-0.4, -0.2) is 29.9 Å². The van der Waals surface area contributed by atoms with Gasteiger partial charge in [-0.25, -0.2) is 0 Å². The molecule has 3 unspecified atom stereocenters. The number of nitrogens with two attached hydrogens (primary N) is 1. The zero-order valence-electron chi connectivity index (χ0n) is 10.9. The first-order chi connectivity index (χ1) is 7.60. The molecule has 2 N–H and O–H groups in total. The highest BCUT2D eigenvalue weighted by molar-refractivity contribution is 5.79. The van der Waals surface area contributed by atoms with Crippen molar-refractivity contribution in [2.75, 3.05) is 13.1 Å². The number of hydrogen-bond acceptors (Lipinski definition) is 2. The molecule has 3 heteroatoms. The normalized spacial score (nSPS) is 30.1. The fourth-order valence-electron chi connectivity index (χ4n) is 2.53. The molecule has 0 aromatic heterocycles. The van der Waals surface area contributed by atoms with Crippen molar-refractivity contribution >= 4 is 5.91 Å². The third kappa shape index (κ3) is 3.21. The Kier molecular flexibility index (Phi) is 5.26. The third-order valence-corrected chi connectivity index (χ3v) is 3.79. The molecular weight excluding hydrogens is 200 g/mol. The van der Waals surface area contributed by atoms with E-state index >= 15 is 0 Å². The van der Waals surface area contributed by atoms with Crippen LogP contribution in [-0.2, 0) is 4.79 Å². The maximum Gasteiger partial charge on any atom is 0.225 e. The molecule has 0 saturated heterocycles. The minimum Gasteiger partial charge on any atom is -0.343 e. The summed E-state index contributed by atoms with van der Waals surface area (Å²) in [6, 6.07) is 0.211. The Bertz CT molecular complexity index is 230. The predicted octanol–water partition coefficient (Wildman–Crippen LogP) is 2.01. The van der Waals surface area contributed by atoms with Crippen LogP contribution in [0.1, 0.15) is 46.5 Å². The van der Waals surface area contributed by atoms with Crippen molar-refractivity contribution in [2.45, 2.75) is 52.5 Å². The number of carbonyl (C=O) groups excluding carboxylic acids is 1. The first-order valence-corrected chi connectivity index (χ1v) is 6.64. The predicted molar refractivity (Wildman–Crippen MR) is 67.0 cm³/mol. The largest absolute Gasteiger partial charge is 0.343 e. The van der Waals surface area contributed by atoms with Gasteiger partial charge in [-0.05, 0) is 38.5 Å². The van der Waals surface area contributed by atoms with E-state index in [1.165, 1.54) is 0 Å². The minimum atomic E-state index is 0.178. The van der Waals surface area contributed by atoms with Crippen LogP contribution in [0.3, 0.4) is 0 Å². The molecule has 0 radical (unpaired) electrons. The van der Waals surface area contributed by atoms with E-state index in [4.69, 9.17) is 5.73 Å². The first kappa shape index (κ1) is 13.5. The highest BCUT2D eigenvalue weighted by atomic mass is 16.2. The standard InChI is InChI=1S/C13H26N2O/c1-4-8-15(5-2)13(16)11-7-6-10(3)12(14)9-11/h10-12H,4-9,14H2,1-3H3. The van der Waals surface area contributed by atoms with E-state index in [9.17, 15) is 4.79 Å². The summed E-state index contributed by atoms with van der Waals surface area (Å²) in [6.45, 7) is 8.07. The quantitative estimate of drug-likeness (QED) is 0.797. The molecule has 0 bridgehead atoms. The minimum absolute atomic E-state index is 0.178. The van der Waals surface area contributed by atoms with E-state index in [2.05, 4.69) is 20.8 Å². The van der Waals surface area contributed by atoms with Crippen LogP contribution in [0.4, 0.5) is 0 Å². The van der Waals surface area contributed by atoms with Crippen molar-refractivity contribution in [3.05, 3.63) is 0 Å². The van der Waals surface area contributed by atoms with Crippen molar-refractivity contribution in [3.8, 4) is 0 Å². The Labute approximate surface area is 99.4 Å². The van der Waals surface area contributed by atoms with Crippen molar-refractivity contribution < 1.29 is 4.79 Å². The van der Waals surface area contributed by atoms with Gasteiger partial charge >= 0.3 is 0 Å². The summed E-state index contributed by atoms with van der Waals surface area (Å²) < 4.78 is 0. The Morgan fingerprint density at radius 2 is 2.06 bits per heavy atom. The van der Waals surface area contributed by atoms with E-state index in [0.29, 0.717) is 11.8 Å². The van der Waals surface area contributed by atoms with Crippen LogP contribution >= 0.6 is 0 Å². The van der Waals surface area contributed by atoms with Gasteiger partial charge in [-0.15, -0.1) is 0 Å². The van der Waals surface area contributed by atoms with Crippen LogP contribution in [0.5, 0.6) is 0 Å². The molecule has 3 nitrogen and oxygen atoms in total. The van der Waals surface area contributed by atoms with Crippen molar-refractivity contribution in [1.82, 2.24) is 4.90 Å². The second-order valence-corrected chi connectivity index (χ2v) is 5.07. The van der Waals surface area contributed by atoms with Crippen LogP contribution in [0, 0.1) is 11.8 Å². The second-order valence-electron chi connectivity index (χ2n) is 5.07. The molecule has 3 atom stereocenters. The molecule has 0 aliphatic heterocycles. The van der Waals surface area contributed by atoms with Crippen LogP contribution in [0.25, 0.3) is 0 Å². The van der Waals surface area contributed by atoms with Gasteiger partial charge in [0.15, 0.2) is 0 Å². The highest BCUT2D eigenvalue weighted by Gasteiger charge is 2.31. The van der Waals surface area contributed by atoms with Gasteiger partial charge in [-0.3, -0.25) is 4.79 Å². The molecule has 1 saturated carbocycles. The topological polar surface area (TPSA) is 46.3 Å². The van der Waals surface area contributed by atoms with E-state index in [1.54, 1.807) is 0 Å². The van der Waals surface area contributed by atoms with Gasteiger partial charge in [0.2, 0.25) is 5.91 Å². The summed E-state index contributed by atoms with van der Waals surface area (Å²) in [7, 11) is 0. The van der Waals surface area contributed by atoms with Crippen molar-refractivity contribution in [1.29, 1.82) is 0 Å². The highest BCUT2D eigenvalue weighted by Crippen LogP contribution is 2.29. The van der Waals surface area contributed by atoms with Gasteiger partial charge in [0.05, 0.1) is 0 Å². The molecule has 0 spiro atoms. The molecule has 1 aliphatic rings. The molecule has 0 aromatic rings. The number of nitrogens with zero attached hydrogens (tertiary/aromatic N) is 1.